The van der Waals surface area contributed by atoms with Gasteiger partial charge in [-0.2, -0.15) is 0 Å². The topological polar surface area (TPSA) is 12.0 Å². The average Bonchev–Trinajstić information content (AvgIpc) is 2.56. The number of anilines is 1. The van der Waals surface area contributed by atoms with Crippen molar-refractivity contribution in [3.63, 3.8) is 0 Å². The van der Waals surface area contributed by atoms with Crippen LogP contribution < -0.4 is 4.72 Å². The van der Waals surface area contributed by atoms with Gasteiger partial charge in [0.25, 0.3) is 0 Å². The molecule has 0 unspecified atom stereocenters. The Balaban J connectivity index is 1.88. The van der Waals surface area contributed by atoms with Gasteiger partial charge in [0.05, 0.1) is 10.7 Å². The molecule has 4 heteroatoms. The number of hydrogen-bond acceptors (Lipinski definition) is 2. The van der Waals surface area contributed by atoms with Crippen LogP contribution in [0.15, 0.2) is 18.2 Å². The Morgan fingerprint density at radius 1 is 1.06 bits per heavy atom. The van der Waals surface area contributed by atoms with Crippen molar-refractivity contribution in [1.29, 1.82) is 0 Å². The van der Waals surface area contributed by atoms with Gasteiger partial charge in [0.15, 0.2) is 0 Å². The summed E-state index contributed by atoms with van der Waals surface area (Å²) in [6.45, 7) is 0. The SMILES string of the molecule is Clc1ccc(NSC2CCCCCC2)c(Cl)c1. The molecule has 0 amide bonds. The molecule has 94 valence electrons. The van der Waals surface area contributed by atoms with Crippen LogP contribution in [0.5, 0.6) is 0 Å². The Labute approximate surface area is 117 Å². The van der Waals surface area contributed by atoms with Crippen LogP contribution in [0.1, 0.15) is 38.5 Å². The van der Waals surface area contributed by atoms with E-state index in [0.717, 1.165) is 5.69 Å². The Kier molecular flexibility index (Phi) is 5.33. The van der Waals surface area contributed by atoms with Gasteiger partial charge >= 0.3 is 0 Å². The van der Waals surface area contributed by atoms with E-state index in [1.165, 1.54) is 38.5 Å². The van der Waals surface area contributed by atoms with Gasteiger partial charge in [0.1, 0.15) is 0 Å². The summed E-state index contributed by atoms with van der Waals surface area (Å²) < 4.78 is 3.36. The lowest BCUT2D eigenvalue weighted by molar-refractivity contribution is 0.702. The molecular formula is C13H17Cl2NS. The molecule has 1 N–H and O–H groups in total. The molecule has 0 aliphatic heterocycles. The third kappa shape index (κ3) is 4.27. The Hall–Kier alpha value is -0.0500. The molecule has 0 bridgehead atoms. The lowest BCUT2D eigenvalue weighted by Gasteiger charge is -2.15. The lowest BCUT2D eigenvalue weighted by atomic mass is 10.2. The van der Waals surface area contributed by atoms with E-state index in [9.17, 15) is 0 Å². The minimum absolute atomic E-state index is 0.681. The summed E-state index contributed by atoms with van der Waals surface area (Å²) in [5.41, 5.74) is 0.963. The van der Waals surface area contributed by atoms with Crippen LogP contribution in [-0.2, 0) is 0 Å². The van der Waals surface area contributed by atoms with Gasteiger partial charge in [-0.05, 0) is 43.0 Å². The van der Waals surface area contributed by atoms with Crippen molar-refractivity contribution in [3.05, 3.63) is 28.2 Å². The second kappa shape index (κ2) is 6.77. The highest BCUT2D eigenvalue weighted by atomic mass is 35.5. The minimum atomic E-state index is 0.681. The molecular weight excluding hydrogens is 273 g/mol. The van der Waals surface area contributed by atoms with E-state index in [1.807, 2.05) is 12.1 Å². The highest BCUT2D eigenvalue weighted by Gasteiger charge is 2.13. The molecule has 0 heterocycles. The van der Waals surface area contributed by atoms with Crippen LogP contribution in [0, 0.1) is 0 Å². The van der Waals surface area contributed by atoms with Gasteiger partial charge in [-0.25, -0.2) is 0 Å². The van der Waals surface area contributed by atoms with Gasteiger partial charge in [0, 0.05) is 10.3 Å². The Bertz CT molecular complexity index is 362. The fraction of sp³-hybridized carbons (Fsp3) is 0.538. The lowest BCUT2D eigenvalue weighted by Crippen LogP contribution is -2.04. The fourth-order valence-electron chi connectivity index (χ4n) is 2.08. The third-order valence-electron chi connectivity index (χ3n) is 3.07. The fourth-order valence-corrected chi connectivity index (χ4v) is 3.63. The first-order valence-corrected chi connectivity index (χ1v) is 7.76. The van der Waals surface area contributed by atoms with Crippen LogP contribution >= 0.6 is 35.1 Å². The number of hydrogen-bond donors (Lipinski definition) is 1. The summed E-state index contributed by atoms with van der Waals surface area (Å²) >= 11 is 13.8. The summed E-state index contributed by atoms with van der Waals surface area (Å²) in [6, 6.07) is 5.58. The predicted molar refractivity (Wildman–Crippen MR) is 79.2 cm³/mol. The molecule has 1 aromatic carbocycles. The number of rotatable bonds is 3. The van der Waals surface area contributed by atoms with E-state index in [1.54, 1.807) is 18.0 Å². The number of nitrogens with one attached hydrogen (secondary N) is 1. The normalized spacial score (nSPS) is 17.8. The van der Waals surface area contributed by atoms with Crippen molar-refractivity contribution in [1.82, 2.24) is 0 Å². The average molecular weight is 290 g/mol. The maximum atomic E-state index is 6.12. The number of benzene rings is 1. The predicted octanol–water partition coefficient (Wildman–Crippen LogP) is 5.78. The zero-order valence-corrected chi connectivity index (χ0v) is 12.0. The van der Waals surface area contributed by atoms with Crippen LogP contribution in [0.3, 0.4) is 0 Å². The third-order valence-corrected chi connectivity index (χ3v) is 4.76. The van der Waals surface area contributed by atoms with Gasteiger partial charge in [-0.15, -0.1) is 0 Å². The molecule has 1 fully saturated rings. The molecule has 1 aromatic rings. The molecule has 2 rings (SSSR count). The van der Waals surface area contributed by atoms with Crippen molar-refractivity contribution in [2.24, 2.45) is 0 Å². The van der Waals surface area contributed by atoms with Gasteiger partial charge < -0.3 is 4.72 Å². The van der Waals surface area contributed by atoms with Gasteiger partial charge in [-0.1, -0.05) is 48.9 Å². The summed E-state index contributed by atoms with van der Waals surface area (Å²) in [4.78, 5) is 0. The largest absolute Gasteiger partial charge is 0.328 e. The van der Waals surface area contributed by atoms with Gasteiger partial charge in [-0.3, -0.25) is 0 Å². The molecule has 0 saturated heterocycles. The highest BCUT2D eigenvalue weighted by molar-refractivity contribution is 8.01. The van der Waals surface area contributed by atoms with E-state index in [2.05, 4.69) is 4.72 Å². The minimum Gasteiger partial charge on any atom is -0.328 e. The van der Waals surface area contributed by atoms with E-state index < -0.39 is 0 Å². The monoisotopic (exact) mass is 289 g/mol. The first-order chi connectivity index (χ1) is 8.25. The summed E-state index contributed by atoms with van der Waals surface area (Å²) in [5.74, 6) is 0. The van der Waals surface area contributed by atoms with E-state index >= 15 is 0 Å². The van der Waals surface area contributed by atoms with Crippen molar-refractivity contribution < 1.29 is 0 Å². The van der Waals surface area contributed by atoms with Gasteiger partial charge in [0.2, 0.25) is 0 Å². The molecule has 0 aromatic heterocycles. The standard InChI is InChI=1S/C13H17Cl2NS/c14-10-7-8-13(12(15)9-10)16-17-11-5-3-1-2-4-6-11/h7-9,11,16H,1-6H2. The maximum Gasteiger partial charge on any atom is 0.0660 e. The maximum absolute atomic E-state index is 6.12. The first-order valence-electron chi connectivity index (χ1n) is 6.12. The highest BCUT2D eigenvalue weighted by Crippen LogP contribution is 2.32. The smallest absolute Gasteiger partial charge is 0.0660 e. The van der Waals surface area contributed by atoms with Crippen molar-refractivity contribution >= 4 is 40.8 Å². The number of halogens is 2. The van der Waals surface area contributed by atoms with E-state index in [4.69, 9.17) is 23.2 Å². The van der Waals surface area contributed by atoms with E-state index in [-0.39, 0.29) is 0 Å². The zero-order valence-electron chi connectivity index (χ0n) is 9.72. The first kappa shape index (κ1) is 13.4. The summed E-state index contributed by atoms with van der Waals surface area (Å²) in [5, 5.41) is 2.09. The van der Waals surface area contributed by atoms with Crippen molar-refractivity contribution in [2.75, 3.05) is 4.72 Å². The molecule has 1 aliphatic carbocycles. The summed E-state index contributed by atoms with van der Waals surface area (Å²) in [6.07, 6.45) is 8.10. The molecule has 1 nitrogen and oxygen atoms in total. The summed E-state index contributed by atoms with van der Waals surface area (Å²) in [7, 11) is 0. The molecule has 1 aliphatic rings. The van der Waals surface area contributed by atoms with E-state index in [0.29, 0.717) is 15.3 Å². The second-order valence-electron chi connectivity index (χ2n) is 4.46. The molecule has 0 radical (unpaired) electrons. The molecule has 1 saturated carbocycles. The zero-order chi connectivity index (χ0) is 12.1. The Morgan fingerprint density at radius 3 is 2.41 bits per heavy atom. The molecule has 17 heavy (non-hydrogen) atoms. The van der Waals surface area contributed by atoms with Crippen molar-refractivity contribution in [2.45, 2.75) is 43.8 Å². The Morgan fingerprint density at radius 2 is 1.76 bits per heavy atom. The van der Waals surface area contributed by atoms with Crippen LogP contribution in [0.25, 0.3) is 0 Å². The van der Waals surface area contributed by atoms with Crippen molar-refractivity contribution in [3.8, 4) is 0 Å². The quantitative estimate of drug-likeness (QED) is 0.559. The molecule has 0 spiro atoms. The van der Waals surface area contributed by atoms with Crippen LogP contribution in [0.4, 0.5) is 5.69 Å². The second-order valence-corrected chi connectivity index (χ2v) is 6.41. The molecule has 0 atom stereocenters. The van der Waals surface area contributed by atoms with Crippen LogP contribution in [0.2, 0.25) is 10.0 Å². The van der Waals surface area contributed by atoms with Crippen LogP contribution in [-0.4, -0.2) is 5.25 Å².